The van der Waals surface area contributed by atoms with Crippen LogP contribution in [0.3, 0.4) is 0 Å². The largest absolute Gasteiger partial charge is 0.500 e. The maximum atomic E-state index is 13.6. The molecule has 124 valence electrons. The number of carbonyl (C=O) groups is 2. The zero-order chi connectivity index (χ0) is 17.6. The topological polar surface area (TPSA) is 95.7 Å². The number of hydrogen-bond acceptors (Lipinski definition) is 6. The zero-order valence-electron chi connectivity index (χ0n) is 12.3. The quantitative estimate of drug-likeness (QED) is 0.110. The third kappa shape index (κ3) is 4.49. The molecule has 0 unspecified atom stereocenters. The lowest BCUT2D eigenvalue weighted by Gasteiger charge is -2.08. The maximum absolute atomic E-state index is 13.6. The van der Waals surface area contributed by atoms with E-state index in [1.165, 1.54) is 6.92 Å². The van der Waals surface area contributed by atoms with Gasteiger partial charge in [0.2, 0.25) is 5.78 Å². The van der Waals surface area contributed by atoms with Gasteiger partial charge in [-0.25, -0.2) is 9.18 Å². The average Bonchev–Trinajstić information content (AvgIpc) is 2.49. The molecule has 1 rings (SSSR count). The monoisotopic (exact) mass is 345 g/mol. The van der Waals surface area contributed by atoms with Crippen molar-refractivity contribution in [1.82, 2.24) is 0 Å². The van der Waals surface area contributed by atoms with Crippen molar-refractivity contribution in [2.24, 2.45) is 0 Å². The highest BCUT2D eigenvalue weighted by Crippen LogP contribution is 2.28. The molecule has 0 aliphatic rings. The van der Waals surface area contributed by atoms with Crippen molar-refractivity contribution in [3.05, 3.63) is 50.5 Å². The number of halogens is 2. The van der Waals surface area contributed by atoms with Gasteiger partial charge in [-0.05, 0) is 19.9 Å². The molecule has 0 saturated heterocycles. The number of nitro benzene ring substituents is 1. The molecule has 0 N–H and O–H groups in total. The molecular weight excluding hydrogens is 333 g/mol. The van der Waals surface area contributed by atoms with Gasteiger partial charge in [-0.3, -0.25) is 14.9 Å². The minimum atomic E-state index is -1.10. The van der Waals surface area contributed by atoms with Gasteiger partial charge in [0.15, 0.2) is 0 Å². The van der Waals surface area contributed by atoms with Crippen LogP contribution in [0, 0.1) is 15.9 Å². The molecule has 0 radical (unpaired) electrons. The lowest BCUT2D eigenvalue weighted by atomic mass is 10.0. The zero-order valence-corrected chi connectivity index (χ0v) is 13.1. The molecule has 0 spiro atoms. The predicted octanol–water partition coefficient (Wildman–Crippen LogP) is 3.05. The van der Waals surface area contributed by atoms with Gasteiger partial charge in [0.25, 0.3) is 5.69 Å². The van der Waals surface area contributed by atoms with Gasteiger partial charge in [0.05, 0.1) is 23.2 Å². The first-order valence-electron chi connectivity index (χ1n) is 6.50. The molecule has 0 aliphatic heterocycles. The summed E-state index contributed by atoms with van der Waals surface area (Å²) >= 11 is 5.49. The second-order valence-electron chi connectivity index (χ2n) is 4.08. The first-order chi connectivity index (χ1) is 10.8. The highest BCUT2D eigenvalue weighted by atomic mass is 35.5. The van der Waals surface area contributed by atoms with E-state index in [2.05, 4.69) is 0 Å². The Morgan fingerprint density at radius 3 is 2.52 bits per heavy atom. The number of carbonyl (C=O) groups excluding carboxylic acids is 2. The summed E-state index contributed by atoms with van der Waals surface area (Å²) in [6.07, 6.45) is 0.830. The normalized spacial score (nSPS) is 11.0. The Balaban J connectivity index is 3.41. The minimum absolute atomic E-state index is 0.0212. The minimum Gasteiger partial charge on any atom is -0.500 e. The van der Waals surface area contributed by atoms with Crippen LogP contribution in [-0.2, 0) is 14.3 Å². The van der Waals surface area contributed by atoms with Crippen molar-refractivity contribution in [2.75, 3.05) is 13.2 Å². The maximum Gasteiger partial charge on any atom is 0.345 e. The molecule has 0 saturated carbocycles. The van der Waals surface area contributed by atoms with Gasteiger partial charge in [-0.1, -0.05) is 11.6 Å². The van der Waals surface area contributed by atoms with Crippen molar-refractivity contribution in [2.45, 2.75) is 13.8 Å². The summed E-state index contributed by atoms with van der Waals surface area (Å²) in [5.41, 5.74) is -1.94. The van der Waals surface area contributed by atoms with Crippen LogP contribution in [0.2, 0.25) is 5.02 Å². The van der Waals surface area contributed by atoms with E-state index < -0.39 is 44.3 Å². The Bertz CT molecular complexity index is 673. The van der Waals surface area contributed by atoms with E-state index in [1.807, 2.05) is 0 Å². The van der Waals surface area contributed by atoms with Gasteiger partial charge < -0.3 is 9.47 Å². The van der Waals surface area contributed by atoms with Gasteiger partial charge in [0.1, 0.15) is 23.2 Å². The van der Waals surface area contributed by atoms with E-state index in [0.29, 0.717) is 12.1 Å². The highest BCUT2D eigenvalue weighted by Gasteiger charge is 2.29. The van der Waals surface area contributed by atoms with Crippen LogP contribution in [-0.4, -0.2) is 29.9 Å². The van der Waals surface area contributed by atoms with Gasteiger partial charge in [-0.2, -0.15) is 0 Å². The second kappa shape index (κ2) is 8.23. The predicted molar refractivity (Wildman–Crippen MR) is 78.7 cm³/mol. The molecule has 23 heavy (non-hydrogen) atoms. The number of benzene rings is 1. The third-order valence-corrected chi connectivity index (χ3v) is 2.88. The number of nitrogens with zero attached hydrogens (tertiary/aromatic N) is 1. The van der Waals surface area contributed by atoms with Crippen LogP contribution in [0.5, 0.6) is 0 Å². The fourth-order valence-electron chi connectivity index (χ4n) is 1.58. The van der Waals surface area contributed by atoms with E-state index >= 15 is 0 Å². The molecule has 0 bridgehead atoms. The SMILES string of the molecule is CCOC=C(C(=O)OCC)C(=O)c1cc(F)c(Cl)cc1[N+](=O)[O-]. The molecule has 9 heteroatoms. The molecule has 0 heterocycles. The summed E-state index contributed by atoms with van der Waals surface area (Å²) in [6, 6.07) is 1.30. The first-order valence-corrected chi connectivity index (χ1v) is 6.88. The third-order valence-electron chi connectivity index (χ3n) is 2.59. The lowest BCUT2D eigenvalue weighted by Crippen LogP contribution is -2.18. The number of Topliss-reactive ketones (excluding diaryl/α,β-unsaturated/α-hetero) is 1. The molecule has 0 aromatic heterocycles. The van der Waals surface area contributed by atoms with Crippen LogP contribution in [0.15, 0.2) is 24.0 Å². The van der Waals surface area contributed by atoms with Crippen molar-refractivity contribution in [1.29, 1.82) is 0 Å². The average molecular weight is 346 g/mol. The van der Waals surface area contributed by atoms with E-state index in [9.17, 15) is 24.1 Å². The van der Waals surface area contributed by atoms with Gasteiger partial charge >= 0.3 is 5.97 Å². The van der Waals surface area contributed by atoms with E-state index in [-0.39, 0.29) is 13.2 Å². The fraction of sp³-hybridized carbons (Fsp3) is 0.286. The fourth-order valence-corrected chi connectivity index (χ4v) is 1.74. The van der Waals surface area contributed by atoms with Crippen molar-refractivity contribution >= 4 is 29.0 Å². The van der Waals surface area contributed by atoms with E-state index in [0.717, 1.165) is 6.26 Å². The van der Waals surface area contributed by atoms with Crippen molar-refractivity contribution < 1.29 is 28.4 Å². The molecular formula is C14H13ClFNO6. The summed E-state index contributed by atoms with van der Waals surface area (Å²) in [5.74, 6) is -3.16. The lowest BCUT2D eigenvalue weighted by molar-refractivity contribution is -0.385. The molecule has 0 amide bonds. The Labute approximate surface area is 135 Å². The Kier molecular flexibility index (Phi) is 6.65. The number of ether oxygens (including phenoxy) is 2. The van der Waals surface area contributed by atoms with Crippen molar-refractivity contribution in [3.8, 4) is 0 Å². The molecule has 0 fully saturated rings. The number of rotatable bonds is 7. The highest BCUT2D eigenvalue weighted by molar-refractivity contribution is 6.31. The van der Waals surface area contributed by atoms with Crippen LogP contribution < -0.4 is 0 Å². The summed E-state index contributed by atoms with van der Waals surface area (Å²) in [5, 5.41) is 10.5. The summed E-state index contributed by atoms with van der Waals surface area (Å²) in [7, 11) is 0. The number of hydrogen-bond donors (Lipinski definition) is 0. The summed E-state index contributed by atoms with van der Waals surface area (Å²) in [4.78, 5) is 34.3. The summed E-state index contributed by atoms with van der Waals surface area (Å²) < 4.78 is 23.2. The molecule has 7 nitrogen and oxygen atoms in total. The molecule has 1 aromatic rings. The van der Waals surface area contributed by atoms with Crippen LogP contribution in [0.1, 0.15) is 24.2 Å². The smallest absolute Gasteiger partial charge is 0.345 e. The second-order valence-corrected chi connectivity index (χ2v) is 4.48. The summed E-state index contributed by atoms with van der Waals surface area (Å²) in [6.45, 7) is 3.25. The van der Waals surface area contributed by atoms with Crippen LogP contribution in [0.4, 0.5) is 10.1 Å². The Morgan fingerprint density at radius 2 is 2.00 bits per heavy atom. The van der Waals surface area contributed by atoms with Crippen molar-refractivity contribution in [3.63, 3.8) is 0 Å². The molecule has 0 aliphatic carbocycles. The van der Waals surface area contributed by atoms with Crippen LogP contribution >= 0.6 is 11.6 Å². The number of ketones is 1. The van der Waals surface area contributed by atoms with Gasteiger partial charge in [0, 0.05) is 6.07 Å². The first kappa shape index (κ1) is 18.6. The number of nitro groups is 1. The van der Waals surface area contributed by atoms with E-state index in [1.54, 1.807) is 6.92 Å². The standard InChI is InChI=1S/C14H13ClFNO6/c1-3-22-7-9(14(19)23-4-2)13(18)8-5-11(16)10(15)6-12(8)17(20)21/h5-7H,3-4H2,1-2H3. The number of esters is 1. The van der Waals surface area contributed by atoms with Crippen LogP contribution in [0.25, 0.3) is 0 Å². The van der Waals surface area contributed by atoms with Gasteiger partial charge in [-0.15, -0.1) is 0 Å². The molecule has 1 aromatic carbocycles. The Morgan fingerprint density at radius 1 is 1.35 bits per heavy atom. The molecule has 0 atom stereocenters. The Hall–Kier alpha value is -2.48. The van der Waals surface area contributed by atoms with E-state index in [4.69, 9.17) is 21.1 Å².